The van der Waals surface area contributed by atoms with Crippen molar-refractivity contribution >= 4 is 23.1 Å². The van der Waals surface area contributed by atoms with Crippen LogP contribution in [0.4, 0.5) is 5.69 Å². The molecular weight excluding hydrogens is 418 g/mol. The number of amides is 2. The van der Waals surface area contributed by atoms with Crippen LogP contribution in [-0.2, 0) is 9.59 Å². The maximum atomic E-state index is 13.8. The van der Waals surface area contributed by atoms with E-state index in [-0.39, 0.29) is 11.8 Å². The van der Waals surface area contributed by atoms with Crippen LogP contribution in [0.1, 0.15) is 25.8 Å². The topological polar surface area (TPSA) is 62.3 Å². The van der Waals surface area contributed by atoms with Crippen molar-refractivity contribution in [1.29, 1.82) is 0 Å². The zero-order valence-corrected chi connectivity index (χ0v) is 19.5. The lowest BCUT2D eigenvalue weighted by atomic mass is 10.0. The Morgan fingerprint density at radius 3 is 2.21 bits per heavy atom. The molecule has 0 radical (unpaired) electrons. The highest BCUT2D eigenvalue weighted by Gasteiger charge is 2.43. The molecule has 33 heavy (non-hydrogen) atoms. The molecule has 2 heterocycles. The summed E-state index contributed by atoms with van der Waals surface area (Å²) in [5.74, 6) is 0.628. The maximum Gasteiger partial charge on any atom is 0.282 e. The van der Waals surface area contributed by atoms with Crippen LogP contribution in [0.15, 0.2) is 54.2 Å². The van der Waals surface area contributed by atoms with Crippen molar-refractivity contribution in [1.82, 2.24) is 9.80 Å². The molecule has 2 amide bonds. The first kappa shape index (κ1) is 22.9. The zero-order chi connectivity index (χ0) is 23.4. The van der Waals surface area contributed by atoms with Gasteiger partial charge in [0.2, 0.25) is 0 Å². The molecule has 2 aliphatic heterocycles. The maximum absolute atomic E-state index is 13.8. The molecule has 0 N–H and O–H groups in total. The van der Waals surface area contributed by atoms with Crippen LogP contribution in [0.5, 0.6) is 11.5 Å². The van der Waals surface area contributed by atoms with Crippen LogP contribution >= 0.6 is 0 Å². The summed E-state index contributed by atoms with van der Waals surface area (Å²) in [5, 5.41) is 0. The molecule has 174 valence electrons. The van der Waals surface area contributed by atoms with E-state index in [2.05, 4.69) is 18.9 Å². The predicted octanol–water partition coefficient (Wildman–Crippen LogP) is 3.41. The highest BCUT2D eigenvalue weighted by atomic mass is 16.5. The van der Waals surface area contributed by atoms with Gasteiger partial charge in [-0.3, -0.25) is 9.59 Å². The molecule has 1 fully saturated rings. The summed E-state index contributed by atoms with van der Waals surface area (Å²) in [6, 6.07) is 14.6. The molecule has 7 nitrogen and oxygen atoms in total. The number of anilines is 1. The van der Waals surface area contributed by atoms with Crippen molar-refractivity contribution in [3.63, 3.8) is 0 Å². The average molecular weight is 450 g/mol. The lowest BCUT2D eigenvalue weighted by Gasteiger charge is -2.34. The van der Waals surface area contributed by atoms with Crippen molar-refractivity contribution < 1.29 is 19.1 Å². The first-order valence-corrected chi connectivity index (χ1v) is 11.6. The number of benzene rings is 2. The molecule has 2 aromatic carbocycles. The van der Waals surface area contributed by atoms with E-state index in [4.69, 9.17) is 9.47 Å². The van der Waals surface area contributed by atoms with Crippen molar-refractivity contribution in [3.8, 4) is 11.5 Å². The molecule has 1 saturated heterocycles. The molecule has 0 spiro atoms. The summed E-state index contributed by atoms with van der Waals surface area (Å²) in [6.07, 6.45) is 0.918. The number of ether oxygens (including phenoxy) is 2. The Morgan fingerprint density at radius 2 is 1.55 bits per heavy atom. The lowest BCUT2D eigenvalue weighted by molar-refractivity contribution is -0.120. The average Bonchev–Trinajstić information content (AvgIpc) is 3.09. The summed E-state index contributed by atoms with van der Waals surface area (Å²) in [6.45, 7) is 8.05. The van der Waals surface area contributed by atoms with Gasteiger partial charge in [-0.15, -0.1) is 0 Å². The Labute approximate surface area is 195 Å². The summed E-state index contributed by atoms with van der Waals surface area (Å²) in [7, 11) is 2.06. The molecule has 7 heteroatoms. The van der Waals surface area contributed by atoms with Gasteiger partial charge >= 0.3 is 0 Å². The molecule has 0 bridgehead atoms. The number of imide groups is 1. The van der Waals surface area contributed by atoms with Gasteiger partial charge in [0.1, 0.15) is 17.2 Å². The van der Waals surface area contributed by atoms with Gasteiger partial charge in [-0.1, -0.05) is 31.2 Å². The van der Waals surface area contributed by atoms with Gasteiger partial charge < -0.3 is 19.3 Å². The number of rotatable bonds is 8. The molecule has 2 aliphatic rings. The van der Waals surface area contributed by atoms with Gasteiger partial charge in [0.25, 0.3) is 11.8 Å². The van der Waals surface area contributed by atoms with E-state index in [1.807, 2.05) is 48.2 Å². The third-order valence-corrected chi connectivity index (χ3v) is 5.90. The first-order chi connectivity index (χ1) is 16.0. The molecule has 0 aromatic heterocycles. The zero-order valence-electron chi connectivity index (χ0n) is 19.5. The summed E-state index contributed by atoms with van der Waals surface area (Å²) < 4.78 is 11.4. The SMILES string of the molecule is CCCOc1ccc(C2=C(N3CCN(C)CC3)C(=O)N(c3ccccc3OCC)C2=O)cc1. The predicted molar refractivity (Wildman–Crippen MR) is 128 cm³/mol. The second-order valence-corrected chi connectivity index (χ2v) is 8.23. The van der Waals surface area contributed by atoms with Crippen LogP contribution in [0, 0.1) is 0 Å². The molecule has 0 unspecified atom stereocenters. The summed E-state index contributed by atoms with van der Waals surface area (Å²) in [5.41, 5.74) is 2.07. The standard InChI is InChI=1S/C26H31N3O4/c1-4-18-33-20-12-10-19(11-13-20)23-24(28-16-14-27(3)15-17-28)26(31)29(25(23)30)21-8-6-7-9-22(21)32-5-2/h6-13H,4-5,14-18H2,1-3H3. The van der Waals surface area contributed by atoms with Gasteiger partial charge in [-0.2, -0.15) is 0 Å². The Bertz CT molecular complexity index is 1040. The Morgan fingerprint density at radius 1 is 0.848 bits per heavy atom. The van der Waals surface area contributed by atoms with E-state index in [1.54, 1.807) is 12.1 Å². The minimum Gasteiger partial charge on any atom is -0.494 e. The molecule has 4 rings (SSSR count). The Kier molecular flexibility index (Phi) is 6.99. The number of likely N-dealkylation sites (N-methyl/N-ethyl adjacent to an activating group) is 1. The van der Waals surface area contributed by atoms with Crippen molar-refractivity contribution in [2.75, 3.05) is 51.3 Å². The van der Waals surface area contributed by atoms with Gasteiger partial charge in [-0.25, -0.2) is 4.90 Å². The Hall–Kier alpha value is -3.32. The number of carbonyl (C=O) groups excluding carboxylic acids is 2. The number of hydrogen-bond donors (Lipinski definition) is 0. The third kappa shape index (κ3) is 4.59. The Balaban J connectivity index is 1.76. The van der Waals surface area contributed by atoms with Crippen LogP contribution < -0.4 is 14.4 Å². The van der Waals surface area contributed by atoms with Crippen LogP contribution in [0.2, 0.25) is 0 Å². The van der Waals surface area contributed by atoms with Gasteiger partial charge in [0.15, 0.2) is 0 Å². The summed E-state index contributed by atoms with van der Waals surface area (Å²) >= 11 is 0. The van der Waals surface area contributed by atoms with Crippen LogP contribution in [0.3, 0.4) is 0 Å². The molecular formula is C26H31N3O4. The van der Waals surface area contributed by atoms with E-state index < -0.39 is 0 Å². The highest BCUT2D eigenvalue weighted by molar-refractivity contribution is 6.45. The largest absolute Gasteiger partial charge is 0.494 e. The minimum atomic E-state index is -0.330. The lowest BCUT2D eigenvalue weighted by Crippen LogP contribution is -2.46. The quantitative estimate of drug-likeness (QED) is 0.576. The van der Waals surface area contributed by atoms with Crippen LogP contribution in [0.25, 0.3) is 5.57 Å². The van der Waals surface area contributed by atoms with Crippen LogP contribution in [-0.4, -0.2) is 68.1 Å². The first-order valence-electron chi connectivity index (χ1n) is 11.6. The fourth-order valence-electron chi connectivity index (χ4n) is 4.18. The van der Waals surface area contributed by atoms with E-state index >= 15 is 0 Å². The molecule has 0 aliphatic carbocycles. The number of piperazine rings is 1. The molecule has 0 saturated carbocycles. The fourth-order valence-corrected chi connectivity index (χ4v) is 4.18. The second kappa shape index (κ2) is 10.1. The highest BCUT2D eigenvalue weighted by Crippen LogP contribution is 2.39. The van der Waals surface area contributed by atoms with Gasteiger partial charge in [-0.05, 0) is 50.2 Å². The smallest absolute Gasteiger partial charge is 0.282 e. The van der Waals surface area contributed by atoms with E-state index in [0.717, 1.165) is 25.3 Å². The van der Waals surface area contributed by atoms with E-state index in [9.17, 15) is 9.59 Å². The summed E-state index contributed by atoms with van der Waals surface area (Å²) in [4.78, 5) is 33.1. The van der Waals surface area contributed by atoms with Crippen molar-refractivity contribution in [2.45, 2.75) is 20.3 Å². The van der Waals surface area contributed by atoms with E-state index in [1.165, 1.54) is 4.90 Å². The second-order valence-electron chi connectivity index (χ2n) is 8.23. The van der Waals surface area contributed by atoms with Gasteiger partial charge in [0, 0.05) is 26.2 Å². The number of nitrogens with zero attached hydrogens (tertiary/aromatic N) is 3. The number of carbonyl (C=O) groups is 2. The normalized spacial score (nSPS) is 17.2. The minimum absolute atomic E-state index is 0.307. The molecule has 0 atom stereocenters. The van der Waals surface area contributed by atoms with Crippen molar-refractivity contribution in [2.24, 2.45) is 0 Å². The number of para-hydroxylation sites is 2. The monoisotopic (exact) mass is 449 g/mol. The third-order valence-electron chi connectivity index (χ3n) is 5.90. The van der Waals surface area contributed by atoms with E-state index in [0.29, 0.717) is 54.6 Å². The van der Waals surface area contributed by atoms with Crippen molar-refractivity contribution in [3.05, 3.63) is 59.8 Å². The fraction of sp³-hybridized carbons (Fsp3) is 0.385. The molecule has 2 aromatic rings. The van der Waals surface area contributed by atoms with Gasteiger partial charge in [0.05, 0.1) is 24.5 Å². The number of hydrogen-bond acceptors (Lipinski definition) is 6.